The minimum Gasteiger partial charge on any atom is -0.464 e. The Morgan fingerprint density at radius 1 is 1.00 bits per heavy atom. The van der Waals surface area contributed by atoms with Gasteiger partial charge in [-0.15, -0.1) is 23.2 Å². The SMILES string of the molecule is CCOC(=O)[C@H](CC(C)C)NC(=O)[C@H](CC(C)C)NC(=O)[C@@H](N)CCc1nc2cc(N(CCCl)CCCl)ccc2n1C. The summed E-state index contributed by atoms with van der Waals surface area (Å²) in [6.45, 7) is 11.2. The van der Waals surface area contributed by atoms with E-state index in [0.29, 0.717) is 50.5 Å². The van der Waals surface area contributed by atoms with E-state index >= 15 is 0 Å². The van der Waals surface area contributed by atoms with Gasteiger partial charge in [-0.25, -0.2) is 9.78 Å². The Morgan fingerprint density at radius 2 is 1.60 bits per heavy atom. The summed E-state index contributed by atoms with van der Waals surface area (Å²) in [6, 6.07) is 3.60. The highest BCUT2D eigenvalue weighted by atomic mass is 35.5. The molecule has 2 aromatic rings. The van der Waals surface area contributed by atoms with Crippen molar-refractivity contribution >= 4 is 57.7 Å². The first-order valence-electron chi connectivity index (χ1n) is 14.8. The first-order chi connectivity index (χ1) is 19.9. The van der Waals surface area contributed by atoms with Crippen molar-refractivity contribution in [3.8, 4) is 0 Å². The molecule has 0 bridgehead atoms. The topological polar surface area (TPSA) is 132 Å². The number of nitrogens with one attached hydrogen (secondary N) is 2. The summed E-state index contributed by atoms with van der Waals surface area (Å²) in [6.07, 6.45) is 1.65. The molecule has 1 aromatic heterocycles. The van der Waals surface area contributed by atoms with Gasteiger partial charge in [-0.05, 0) is 56.2 Å². The standard InChI is InChI=1S/C30H48Cl2N6O4/c1-7-42-30(41)25(17-20(4)5)36-29(40)24(16-19(2)3)35-28(39)22(33)9-11-27-34-23-18-21(8-10-26(23)37(27)6)38(14-12-31)15-13-32/h8,10,18-20,22,24-25H,7,9,11-17,33H2,1-6H3,(H,35,39)(H,36,40)/t22-,24-,25-/m0/s1. The van der Waals surface area contributed by atoms with Gasteiger partial charge in [0, 0.05) is 44.0 Å². The van der Waals surface area contributed by atoms with Crippen molar-refractivity contribution in [1.82, 2.24) is 20.2 Å². The number of carbonyl (C=O) groups excluding carboxylic acids is 3. The molecule has 0 fully saturated rings. The summed E-state index contributed by atoms with van der Waals surface area (Å²) in [5, 5.41) is 5.61. The molecule has 3 atom stereocenters. The van der Waals surface area contributed by atoms with E-state index in [1.807, 2.05) is 57.5 Å². The molecule has 0 radical (unpaired) electrons. The van der Waals surface area contributed by atoms with E-state index in [9.17, 15) is 14.4 Å². The Labute approximate surface area is 260 Å². The lowest BCUT2D eigenvalue weighted by atomic mass is 10.00. The number of hydrogen-bond acceptors (Lipinski definition) is 7. The average molecular weight is 628 g/mol. The number of rotatable bonds is 18. The first-order valence-corrected chi connectivity index (χ1v) is 15.8. The van der Waals surface area contributed by atoms with Crippen LogP contribution in [0.5, 0.6) is 0 Å². The van der Waals surface area contributed by atoms with Crippen molar-refractivity contribution in [1.29, 1.82) is 0 Å². The minimum atomic E-state index is -0.845. The Hall–Kier alpha value is -2.56. The van der Waals surface area contributed by atoms with E-state index in [-0.39, 0.29) is 18.4 Å². The quantitative estimate of drug-likeness (QED) is 0.170. The maximum atomic E-state index is 13.2. The molecule has 0 aliphatic carbocycles. The minimum absolute atomic E-state index is 0.123. The van der Waals surface area contributed by atoms with Crippen molar-refractivity contribution < 1.29 is 19.1 Å². The maximum absolute atomic E-state index is 13.2. The van der Waals surface area contributed by atoms with Gasteiger partial charge >= 0.3 is 5.97 Å². The zero-order valence-electron chi connectivity index (χ0n) is 25.8. The van der Waals surface area contributed by atoms with Gasteiger partial charge in [-0.2, -0.15) is 0 Å². The number of aryl methyl sites for hydroxylation is 2. The summed E-state index contributed by atoms with van der Waals surface area (Å²) < 4.78 is 7.15. The van der Waals surface area contributed by atoms with Crippen LogP contribution in [0.3, 0.4) is 0 Å². The zero-order chi connectivity index (χ0) is 31.4. The third-order valence-electron chi connectivity index (χ3n) is 6.98. The zero-order valence-corrected chi connectivity index (χ0v) is 27.3. The number of carbonyl (C=O) groups is 3. The highest BCUT2D eigenvalue weighted by Crippen LogP contribution is 2.23. The van der Waals surface area contributed by atoms with Crippen molar-refractivity contribution in [3.05, 3.63) is 24.0 Å². The second-order valence-electron chi connectivity index (χ2n) is 11.4. The highest BCUT2D eigenvalue weighted by molar-refractivity contribution is 6.18. The van der Waals surface area contributed by atoms with Crippen LogP contribution in [0.25, 0.3) is 11.0 Å². The van der Waals surface area contributed by atoms with E-state index in [0.717, 1.165) is 22.5 Å². The number of esters is 1. The molecular formula is C30H48Cl2N6O4. The third kappa shape index (κ3) is 10.6. The normalized spacial score (nSPS) is 13.7. The fraction of sp³-hybridized carbons (Fsp3) is 0.667. The number of anilines is 1. The van der Waals surface area contributed by atoms with Gasteiger partial charge in [-0.1, -0.05) is 27.7 Å². The number of nitrogens with zero attached hydrogens (tertiary/aromatic N) is 3. The molecule has 0 spiro atoms. The van der Waals surface area contributed by atoms with Crippen LogP contribution >= 0.6 is 23.2 Å². The number of hydrogen-bond donors (Lipinski definition) is 3. The van der Waals surface area contributed by atoms with E-state index in [1.54, 1.807) is 6.92 Å². The molecular weight excluding hydrogens is 579 g/mol. The second kappa shape index (κ2) is 17.5. The van der Waals surface area contributed by atoms with Crippen molar-refractivity contribution in [2.24, 2.45) is 24.6 Å². The van der Waals surface area contributed by atoms with Crippen LogP contribution in [0.1, 0.15) is 59.7 Å². The highest BCUT2D eigenvalue weighted by Gasteiger charge is 2.30. The Kier molecular flexibility index (Phi) is 14.9. The molecule has 12 heteroatoms. The molecule has 0 unspecified atom stereocenters. The molecule has 2 amide bonds. The number of amides is 2. The number of halogens is 2. The number of aromatic nitrogens is 2. The Balaban J connectivity index is 2.10. The molecule has 10 nitrogen and oxygen atoms in total. The summed E-state index contributed by atoms with van der Waals surface area (Å²) in [5.74, 6) is 0.740. The molecule has 0 aliphatic heterocycles. The predicted molar refractivity (Wildman–Crippen MR) is 170 cm³/mol. The van der Waals surface area contributed by atoms with Crippen molar-refractivity contribution in [2.45, 2.75) is 78.4 Å². The van der Waals surface area contributed by atoms with Crippen LogP contribution in [-0.4, -0.2) is 76.9 Å². The summed E-state index contributed by atoms with van der Waals surface area (Å²) in [4.78, 5) is 45.7. The molecule has 1 heterocycles. The lowest BCUT2D eigenvalue weighted by Gasteiger charge is -2.25. The van der Waals surface area contributed by atoms with E-state index in [2.05, 4.69) is 15.5 Å². The van der Waals surface area contributed by atoms with E-state index in [4.69, 9.17) is 38.7 Å². The van der Waals surface area contributed by atoms with Crippen molar-refractivity contribution in [2.75, 3.05) is 36.4 Å². The fourth-order valence-electron chi connectivity index (χ4n) is 4.83. The number of benzene rings is 1. The van der Waals surface area contributed by atoms with Gasteiger partial charge in [0.05, 0.1) is 23.7 Å². The number of ether oxygens (including phenoxy) is 1. The van der Waals surface area contributed by atoms with Crippen LogP contribution in [0.15, 0.2) is 18.2 Å². The van der Waals surface area contributed by atoms with Gasteiger partial charge < -0.3 is 30.6 Å². The van der Waals surface area contributed by atoms with Gasteiger partial charge in [-0.3, -0.25) is 9.59 Å². The van der Waals surface area contributed by atoms with Crippen LogP contribution in [0.4, 0.5) is 5.69 Å². The molecule has 4 N–H and O–H groups in total. The maximum Gasteiger partial charge on any atom is 0.328 e. The summed E-state index contributed by atoms with van der Waals surface area (Å²) in [7, 11) is 1.94. The predicted octanol–water partition coefficient (Wildman–Crippen LogP) is 3.74. The molecule has 0 aliphatic rings. The van der Waals surface area contributed by atoms with Crippen LogP contribution in [0.2, 0.25) is 0 Å². The number of nitrogens with two attached hydrogens (primary N) is 1. The fourth-order valence-corrected chi connectivity index (χ4v) is 5.24. The monoisotopic (exact) mass is 626 g/mol. The van der Waals surface area contributed by atoms with Gasteiger partial charge in [0.15, 0.2) is 0 Å². The first kappa shape index (κ1) is 35.6. The van der Waals surface area contributed by atoms with Gasteiger partial charge in [0.1, 0.15) is 17.9 Å². The summed E-state index contributed by atoms with van der Waals surface area (Å²) in [5.41, 5.74) is 9.09. The molecule has 2 rings (SSSR count). The average Bonchev–Trinajstić information content (AvgIpc) is 3.24. The van der Waals surface area contributed by atoms with E-state index < -0.39 is 35.9 Å². The summed E-state index contributed by atoms with van der Waals surface area (Å²) >= 11 is 11.9. The Morgan fingerprint density at radius 3 is 2.17 bits per heavy atom. The lowest BCUT2D eigenvalue weighted by Crippen LogP contribution is -2.55. The molecule has 1 aromatic carbocycles. The van der Waals surface area contributed by atoms with Crippen LogP contribution in [-0.2, 0) is 32.6 Å². The van der Waals surface area contributed by atoms with Gasteiger partial charge in [0.25, 0.3) is 0 Å². The molecule has 0 saturated carbocycles. The van der Waals surface area contributed by atoms with Crippen LogP contribution in [0, 0.1) is 11.8 Å². The largest absolute Gasteiger partial charge is 0.464 e. The van der Waals surface area contributed by atoms with Crippen LogP contribution < -0.4 is 21.3 Å². The van der Waals surface area contributed by atoms with E-state index in [1.165, 1.54) is 0 Å². The molecule has 236 valence electrons. The second-order valence-corrected chi connectivity index (χ2v) is 12.2. The van der Waals surface area contributed by atoms with Gasteiger partial charge in [0.2, 0.25) is 11.8 Å². The molecule has 0 saturated heterocycles. The Bertz CT molecular complexity index is 1170. The number of fused-ring (bicyclic) bond motifs is 1. The number of imidazole rings is 1. The smallest absolute Gasteiger partial charge is 0.328 e. The molecule has 42 heavy (non-hydrogen) atoms. The number of alkyl halides is 2. The lowest BCUT2D eigenvalue weighted by molar-refractivity contribution is -0.148. The third-order valence-corrected chi connectivity index (χ3v) is 7.32. The van der Waals surface area contributed by atoms with Crippen molar-refractivity contribution in [3.63, 3.8) is 0 Å².